The number of carbonyl (C=O) groups excluding carboxylic acids is 2. The lowest BCUT2D eigenvalue weighted by atomic mass is 9.95. The molecule has 10 nitrogen and oxygen atoms in total. The van der Waals surface area contributed by atoms with E-state index in [-0.39, 0.29) is 34.8 Å². The SMILES string of the molecule is CC[C@H](C(=O)NC1CCCCC1)N(Cc1ccccc1C)C(=O)CN(c1cccc([N+](=O)[O-])c1)S(=O)(=O)c1ccccc1. The summed E-state index contributed by atoms with van der Waals surface area (Å²) in [6.07, 6.45) is 5.27. The highest BCUT2D eigenvalue weighted by Gasteiger charge is 2.35. The van der Waals surface area contributed by atoms with Gasteiger partial charge in [0.05, 0.1) is 15.5 Å². The second kappa shape index (κ2) is 14.3. The zero-order chi connectivity index (χ0) is 31.0. The molecular formula is C32H38N4O6S. The molecule has 0 radical (unpaired) electrons. The number of hydrogen-bond donors (Lipinski definition) is 1. The highest BCUT2D eigenvalue weighted by molar-refractivity contribution is 7.92. The van der Waals surface area contributed by atoms with E-state index in [2.05, 4.69) is 5.32 Å². The molecule has 11 heteroatoms. The van der Waals surface area contributed by atoms with Gasteiger partial charge in [-0.25, -0.2) is 8.42 Å². The molecule has 1 saturated carbocycles. The van der Waals surface area contributed by atoms with Crippen LogP contribution in [0.1, 0.15) is 56.6 Å². The van der Waals surface area contributed by atoms with E-state index < -0.39 is 33.4 Å². The first-order valence-electron chi connectivity index (χ1n) is 14.6. The molecule has 1 N–H and O–H groups in total. The first-order valence-corrected chi connectivity index (χ1v) is 16.0. The van der Waals surface area contributed by atoms with Crippen LogP contribution in [0.25, 0.3) is 0 Å². The van der Waals surface area contributed by atoms with Gasteiger partial charge in [0.15, 0.2) is 0 Å². The third-order valence-electron chi connectivity index (χ3n) is 7.88. The highest BCUT2D eigenvalue weighted by atomic mass is 32.2. The summed E-state index contributed by atoms with van der Waals surface area (Å²) in [5, 5.41) is 14.7. The molecule has 0 unspecified atom stereocenters. The molecule has 0 aliphatic heterocycles. The Labute approximate surface area is 252 Å². The number of nitro benzene ring substituents is 1. The summed E-state index contributed by atoms with van der Waals surface area (Å²) in [5.41, 5.74) is 1.41. The van der Waals surface area contributed by atoms with Crippen LogP contribution in [0.3, 0.4) is 0 Å². The first-order chi connectivity index (χ1) is 20.6. The summed E-state index contributed by atoms with van der Waals surface area (Å²) in [6, 6.07) is 19.5. The largest absolute Gasteiger partial charge is 0.352 e. The number of nitro groups is 1. The van der Waals surface area contributed by atoms with Crippen molar-refractivity contribution in [3.8, 4) is 0 Å². The summed E-state index contributed by atoms with van der Waals surface area (Å²) in [6.45, 7) is 3.17. The van der Waals surface area contributed by atoms with Gasteiger partial charge in [-0.2, -0.15) is 0 Å². The Balaban J connectivity index is 1.74. The normalized spacial score (nSPS) is 14.5. The number of rotatable bonds is 12. The van der Waals surface area contributed by atoms with Gasteiger partial charge in [0.2, 0.25) is 11.8 Å². The van der Waals surface area contributed by atoms with Crippen molar-refractivity contribution < 1.29 is 22.9 Å². The number of amides is 2. The summed E-state index contributed by atoms with van der Waals surface area (Å²) in [5.74, 6) is -0.871. The van der Waals surface area contributed by atoms with Crippen LogP contribution in [0, 0.1) is 17.0 Å². The number of carbonyl (C=O) groups is 2. The fourth-order valence-electron chi connectivity index (χ4n) is 5.44. The van der Waals surface area contributed by atoms with Gasteiger partial charge in [0.25, 0.3) is 15.7 Å². The van der Waals surface area contributed by atoms with Crippen LogP contribution in [0.15, 0.2) is 83.8 Å². The summed E-state index contributed by atoms with van der Waals surface area (Å²) < 4.78 is 28.7. The maximum absolute atomic E-state index is 14.2. The van der Waals surface area contributed by atoms with Crippen molar-refractivity contribution in [1.82, 2.24) is 10.2 Å². The number of non-ortho nitro benzene ring substituents is 1. The smallest absolute Gasteiger partial charge is 0.271 e. The van der Waals surface area contributed by atoms with Crippen molar-refractivity contribution in [3.63, 3.8) is 0 Å². The van der Waals surface area contributed by atoms with Crippen molar-refractivity contribution in [3.05, 3.63) is 100 Å². The lowest BCUT2D eigenvalue weighted by Gasteiger charge is -2.34. The third-order valence-corrected chi connectivity index (χ3v) is 9.67. The minimum absolute atomic E-state index is 0.0260. The molecule has 0 aromatic heterocycles. The highest BCUT2D eigenvalue weighted by Crippen LogP contribution is 2.28. The van der Waals surface area contributed by atoms with E-state index in [1.165, 1.54) is 35.2 Å². The van der Waals surface area contributed by atoms with E-state index in [4.69, 9.17) is 0 Å². The molecule has 0 heterocycles. The summed E-state index contributed by atoms with van der Waals surface area (Å²) in [4.78, 5) is 40.2. The van der Waals surface area contributed by atoms with Gasteiger partial charge in [-0.05, 0) is 55.5 Å². The van der Waals surface area contributed by atoms with E-state index in [1.54, 1.807) is 18.2 Å². The number of aryl methyl sites for hydroxylation is 1. The molecule has 1 fully saturated rings. The minimum Gasteiger partial charge on any atom is -0.352 e. The van der Waals surface area contributed by atoms with E-state index in [9.17, 15) is 28.1 Å². The van der Waals surface area contributed by atoms with Crippen molar-refractivity contribution in [2.24, 2.45) is 0 Å². The molecule has 3 aromatic rings. The summed E-state index contributed by atoms with van der Waals surface area (Å²) in [7, 11) is -4.32. The quantitative estimate of drug-likeness (QED) is 0.218. The Morgan fingerprint density at radius 2 is 1.65 bits per heavy atom. The molecule has 43 heavy (non-hydrogen) atoms. The fourth-order valence-corrected chi connectivity index (χ4v) is 6.87. The molecule has 1 atom stereocenters. The van der Waals surface area contributed by atoms with Gasteiger partial charge >= 0.3 is 0 Å². The molecule has 0 spiro atoms. The molecule has 228 valence electrons. The summed E-state index contributed by atoms with van der Waals surface area (Å²) >= 11 is 0. The van der Waals surface area contributed by atoms with Gasteiger partial charge in [0.1, 0.15) is 12.6 Å². The second-order valence-corrected chi connectivity index (χ2v) is 12.7. The zero-order valence-electron chi connectivity index (χ0n) is 24.5. The standard InChI is InChI=1S/C32H38N4O6S/c1-3-30(32(38)33-26-15-6-4-7-16-26)34(22-25-14-11-10-13-24(25)2)31(37)23-35(27-17-12-18-28(21-27)36(39)40)43(41,42)29-19-8-5-9-20-29/h5,8-14,17-21,26,30H,3-4,6-7,15-16,22-23H2,1-2H3,(H,33,38)/t30-/m1/s1. The second-order valence-electron chi connectivity index (χ2n) is 10.8. The third kappa shape index (κ3) is 7.78. The number of hydrogen-bond acceptors (Lipinski definition) is 6. The lowest BCUT2D eigenvalue weighted by Crippen LogP contribution is -2.54. The minimum atomic E-state index is -4.32. The van der Waals surface area contributed by atoms with Crippen LogP contribution < -0.4 is 9.62 Å². The Morgan fingerprint density at radius 3 is 2.30 bits per heavy atom. The maximum Gasteiger partial charge on any atom is 0.271 e. The molecule has 0 bridgehead atoms. The van der Waals surface area contributed by atoms with Crippen LogP contribution >= 0.6 is 0 Å². The predicted octanol–water partition coefficient (Wildman–Crippen LogP) is 5.35. The number of benzene rings is 3. The molecule has 2 amide bonds. The number of nitrogens with zero attached hydrogens (tertiary/aromatic N) is 3. The molecule has 0 saturated heterocycles. The average molecular weight is 607 g/mol. The number of anilines is 1. The Morgan fingerprint density at radius 1 is 0.977 bits per heavy atom. The fraction of sp³-hybridized carbons (Fsp3) is 0.375. The zero-order valence-corrected chi connectivity index (χ0v) is 25.3. The van der Waals surface area contributed by atoms with Crippen molar-refractivity contribution in [2.45, 2.75) is 75.9 Å². The van der Waals surface area contributed by atoms with E-state index >= 15 is 0 Å². The topological polar surface area (TPSA) is 130 Å². The molecule has 3 aromatic carbocycles. The Hall–Kier alpha value is -4.25. The molecular weight excluding hydrogens is 568 g/mol. The van der Waals surface area contributed by atoms with Crippen LogP contribution in [0.5, 0.6) is 0 Å². The first kappa shape index (κ1) is 31.7. The van der Waals surface area contributed by atoms with Gasteiger partial charge < -0.3 is 10.2 Å². The van der Waals surface area contributed by atoms with Crippen molar-refractivity contribution in [2.75, 3.05) is 10.8 Å². The van der Waals surface area contributed by atoms with Gasteiger partial charge in [0, 0.05) is 24.7 Å². The van der Waals surface area contributed by atoms with Crippen molar-refractivity contribution in [1.29, 1.82) is 0 Å². The molecule has 1 aliphatic rings. The molecule has 1 aliphatic carbocycles. The van der Waals surface area contributed by atoms with Crippen LogP contribution in [-0.2, 0) is 26.2 Å². The van der Waals surface area contributed by atoms with Crippen LogP contribution in [0.4, 0.5) is 11.4 Å². The lowest BCUT2D eigenvalue weighted by molar-refractivity contribution is -0.384. The van der Waals surface area contributed by atoms with Crippen LogP contribution in [-0.4, -0.2) is 48.7 Å². The molecule has 4 rings (SSSR count). The number of nitrogens with one attached hydrogen (secondary N) is 1. The Bertz CT molecular complexity index is 1540. The monoisotopic (exact) mass is 606 g/mol. The van der Waals surface area contributed by atoms with E-state index in [0.29, 0.717) is 6.42 Å². The van der Waals surface area contributed by atoms with Crippen molar-refractivity contribution >= 4 is 33.2 Å². The van der Waals surface area contributed by atoms with Gasteiger partial charge in [-0.1, -0.05) is 74.7 Å². The van der Waals surface area contributed by atoms with Crippen LogP contribution in [0.2, 0.25) is 0 Å². The Kier molecular flexibility index (Phi) is 10.5. The predicted molar refractivity (Wildman–Crippen MR) is 165 cm³/mol. The number of sulfonamides is 1. The van der Waals surface area contributed by atoms with E-state index in [1.807, 2.05) is 38.1 Å². The average Bonchev–Trinajstić information content (AvgIpc) is 3.01. The maximum atomic E-state index is 14.2. The van der Waals surface area contributed by atoms with E-state index in [0.717, 1.165) is 53.6 Å². The van der Waals surface area contributed by atoms with Gasteiger partial charge in [-0.3, -0.25) is 24.0 Å². The van der Waals surface area contributed by atoms with Gasteiger partial charge in [-0.15, -0.1) is 0 Å².